The minimum Gasteiger partial charge on any atom is -0.395 e. The first-order valence-electron chi connectivity index (χ1n) is 6.79. The SMILES string of the molecule is CCCCOP(=O)(CC)OCCCC.NCCO. The lowest BCUT2D eigenvalue weighted by Crippen LogP contribution is -2.02. The molecule has 0 unspecified atom stereocenters. The number of aliphatic hydroxyl groups excluding tert-OH is 1. The summed E-state index contributed by atoms with van der Waals surface area (Å²) in [5.74, 6) is 0. The maximum atomic E-state index is 11.9. The second kappa shape index (κ2) is 15.1. The molecule has 0 aromatic rings. The predicted molar refractivity (Wildman–Crippen MR) is 76.0 cm³/mol. The van der Waals surface area contributed by atoms with Crippen LogP contribution in [0.3, 0.4) is 0 Å². The van der Waals surface area contributed by atoms with E-state index in [9.17, 15) is 4.57 Å². The molecular formula is C12H30NO4P. The van der Waals surface area contributed by atoms with Crippen molar-refractivity contribution >= 4 is 7.60 Å². The van der Waals surface area contributed by atoms with Gasteiger partial charge in [0.05, 0.1) is 19.8 Å². The van der Waals surface area contributed by atoms with Gasteiger partial charge in [0.2, 0.25) is 0 Å². The van der Waals surface area contributed by atoms with E-state index in [0.717, 1.165) is 25.7 Å². The Labute approximate surface area is 112 Å². The van der Waals surface area contributed by atoms with Crippen molar-refractivity contribution in [3.8, 4) is 0 Å². The van der Waals surface area contributed by atoms with E-state index < -0.39 is 7.60 Å². The van der Waals surface area contributed by atoms with Crippen molar-refractivity contribution in [1.29, 1.82) is 0 Å². The third-order valence-corrected chi connectivity index (χ3v) is 4.01. The van der Waals surface area contributed by atoms with Crippen LogP contribution in [0.15, 0.2) is 0 Å². The standard InChI is InChI=1S/C10H23O3P.C2H7NO/c1-4-7-9-12-14(11,6-3)13-10-8-5-2;3-1-2-4/h4-10H2,1-3H3;4H,1-3H2. The molecule has 112 valence electrons. The maximum absolute atomic E-state index is 11.9. The van der Waals surface area contributed by atoms with Crippen LogP contribution in [0.25, 0.3) is 0 Å². The summed E-state index contributed by atoms with van der Waals surface area (Å²) in [6.45, 7) is 7.58. The topological polar surface area (TPSA) is 81.8 Å². The molecule has 3 N–H and O–H groups in total. The molecule has 0 aromatic carbocycles. The molecule has 0 aliphatic carbocycles. The minimum atomic E-state index is -2.76. The van der Waals surface area contributed by atoms with Gasteiger partial charge >= 0.3 is 7.60 Å². The van der Waals surface area contributed by atoms with Crippen LogP contribution in [0.4, 0.5) is 0 Å². The van der Waals surface area contributed by atoms with E-state index in [0.29, 0.717) is 25.9 Å². The van der Waals surface area contributed by atoms with Crippen molar-refractivity contribution in [2.75, 3.05) is 32.5 Å². The molecule has 6 heteroatoms. The average Bonchev–Trinajstić information content (AvgIpc) is 2.40. The van der Waals surface area contributed by atoms with Gasteiger partial charge in [-0.25, -0.2) is 0 Å². The molecule has 0 spiro atoms. The van der Waals surface area contributed by atoms with E-state index in [4.69, 9.17) is 19.9 Å². The molecule has 0 bridgehead atoms. The van der Waals surface area contributed by atoms with Crippen LogP contribution >= 0.6 is 7.60 Å². The Balaban J connectivity index is 0. The number of unbranched alkanes of at least 4 members (excludes halogenated alkanes) is 2. The monoisotopic (exact) mass is 283 g/mol. The fraction of sp³-hybridized carbons (Fsp3) is 1.00. The molecule has 0 aliphatic rings. The van der Waals surface area contributed by atoms with Crippen LogP contribution < -0.4 is 5.73 Å². The van der Waals surface area contributed by atoms with Gasteiger partial charge in [0.25, 0.3) is 0 Å². The lowest BCUT2D eigenvalue weighted by atomic mass is 10.4. The summed E-state index contributed by atoms with van der Waals surface area (Å²) in [5.41, 5.74) is 4.78. The first kappa shape index (κ1) is 20.4. The number of aliphatic hydroxyl groups is 1. The third kappa shape index (κ3) is 14.1. The van der Waals surface area contributed by atoms with Crippen molar-refractivity contribution in [1.82, 2.24) is 0 Å². The Morgan fingerprint density at radius 1 is 1.06 bits per heavy atom. The van der Waals surface area contributed by atoms with Crippen LogP contribution in [0.2, 0.25) is 0 Å². The Morgan fingerprint density at radius 2 is 1.44 bits per heavy atom. The zero-order valence-electron chi connectivity index (χ0n) is 12.1. The Bertz CT molecular complexity index is 187. The van der Waals surface area contributed by atoms with Gasteiger partial charge in [-0.15, -0.1) is 0 Å². The summed E-state index contributed by atoms with van der Waals surface area (Å²) in [5, 5.41) is 7.75. The molecular weight excluding hydrogens is 253 g/mol. The first-order chi connectivity index (χ1) is 8.60. The van der Waals surface area contributed by atoms with E-state index in [1.807, 2.05) is 6.92 Å². The Morgan fingerprint density at radius 3 is 1.67 bits per heavy atom. The quantitative estimate of drug-likeness (QED) is 0.476. The van der Waals surface area contributed by atoms with Gasteiger partial charge in [0, 0.05) is 12.7 Å². The lowest BCUT2D eigenvalue weighted by molar-refractivity contribution is 0.201. The highest BCUT2D eigenvalue weighted by atomic mass is 31.2. The van der Waals surface area contributed by atoms with Crippen molar-refractivity contribution in [2.45, 2.75) is 46.5 Å². The first-order valence-corrected chi connectivity index (χ1v) is 8.51. The van der Waals surface area contributed by atoms with Gasteiger partial charge in [-0.1, -0.05) is 33.6 Å². The van der Waals surface area contributed by atoms with Crippen molar-refractivity contribution in [3.05, 3.63) is 0 Å². The van der Waals surface area contributed by atoms with Crippen LogP contribution in [-0.2, 0) is 13.6 Å². The molecule has 0 rings (SSSR count). The molecule has 0 radical (unpaired) electrons. The lowest BCUT2D eigenvalue weighted by Gasteiger charge is -2.16. The molecule has 0 heterocycles. The van der Waals surface area contributed by atoms with Gasteiger partial charge in [-0.3, -0.25) is 4.57 Å². The number of nitrogens with two attached hydrogens (primary N) is 1. The highest BCUT2D eigenvalue weighted by Gasteiger charge is 2.20. The zero-order valence-corrected chi connectivity index (χ0v) is 13.0. The highest BCUT2D eigenvalue weighted by Crippen LogP contribution is 2.47. The number of hydrogen-bond donors (Lipinski definition) is 2. The molecule has 0 amide bonds. The molecule has 0 fully saturated rings. The van der Waals surface area contributed by atoms with Crippen LogP contribution in [0, 0.1) is 0 Å². The second-order valence-corrected chi connectivity index (χ2v) is 6.18. The van der Waals surface area contributed by atoms with Crippen molar-refractivity contribution < 1.29 is 18.7 Å². The summed E-state index contributed by atoms with van der Waals surface area (Å²) < 4.78 is 22.5. The van der Waals surface area contributed by atoms with Gasteiger partial charge in [-0.2, -0.15) is 0 Å². The van der Waals surface area contributed by atoms with Gasteiger partial charge < -0.3 is 19.9 Å². The zero-order chi connectivity index (χ0) is 14.3. The smallest absolute Gasteiger partial charge is 0.330 e. The summed E-state index contributed by atoms with van der Waals surface area (Å²) in [6, 6.07) is 0. The summed E-state index contributed by atoms with van der Waals surface area (Å²) >= 11 is 0. The van der Waals surface area contributed by atoms with Gasteiger partial charge in [0.15, 0.2) is 0 Å². The van der Waals surface area contributed by atoms with Crippen molar-refractivity contribution in [2.24, 2.45) is 5.73 Å². The summed E-state index contributed by atoms with van der Waals surface area (Å²) in [7, 11) is -2.76. The third-order valence-electron chi connectivity index (χ3n) is 2.09. The summed E-state index contributed by atoms with van der Waals surface area (Å²) in [4.78, 5) is 0. The molecule has 0 atom stereocenters. The highest BCUT2D eigenvalue weighted by molar-refractivity contribution is 7.53. The van der Waals surface area contributed by atoms with E-state index in [1.165, 1.54) is 0 Å². The molecule has 18 heavy (non-hydrogen) atoms. The fourth-order valence-electron chi connectivity index (χ4n) is 0.916. The van der Waals surface area contributed by atoms with Gasteiger partial charge in [-0.05, 0) is 12.8 Å². The van der Waals surface area contributed by atoms with Crippen LogP contribution in [0.1, 0.15) is 46.5 Å². The predicted octanol–water partition coefficient (Wildman–Crippen LogP) is 2.77. The summed E-state index contributed by atoms with van der Waals surface area (Å²) in [6.07, 6.45) is 4.47. The van der Waals surface area contributed by atoms with Crippen LogP contribution in [-0.4, -0.2) is 37.6 Å². The average molecular weight is 283 g/mol. The van der Waals surface area contributed by atoms with Crippen LogP contribution in [0.5, 0.6) is 0 Å². The molecule has 5 nitrogen and oxygen atoms in total. The van der Waals surface area contributed by atoms with E-state index in [2.05, 4.69) is 13.8 Å². The molecule has 0 saturated heterocycles. The van der Waals surface area contributed by atoms with Gasteiger partial charge in [0.1, 0.15) is 0 Å². The Hall–Kier alpha value is 0.0700. The normalized spacial score (nSPS) is 10.9. The molecule has 0 aliphatic heterocycles. The minimum absolute atomic E-state index is 0.0972. The fourth-order valence-corrected chi connectivity index (χ4v) is 2.17. The second-order valence-electron chi connectivity index (χ2n) is 3.81. The number of hydrogen-bond acceptors (Lipinski definition) is 5. The largest absolute Gasteiger partial charge is 0.395 e. The van der Waals surface area contributed by atoms with Crippen molar-refractivity contribution in [3.63, 3.8) is 0 Å². The van der Waals surface area contributed by atoms with E-state index in [-0.39, 0.29) is 6.61 Å². The number of rotatable bonds is 10. The van der Waals surface area contributed by atoms with E-state index >= 15 is 0 Å². The van der Waals surface area contributed by atoms with E-state index in [1.54, 1.807) is 0 Å². The molecule has 0 saturated carbocycles. The maximum Gasteiger partial charge on any atom is 0.330 e. The molecule has 0 aromatic heterocycles. The Kier molecular flexibility index (Phi) is 17.1.